The van der Waals surface area contributed by atoms with E-state index in [4.69, 9.17) is 5.73 Å². The van der Waals surface area contributed by atoms with Gasteiger partial charge in [0.15, 0.2) is 0 Å². The first-order chi connectivity index (χ1) is 10.0. The average Bonchev–Trinajstić information content (AvgIpc) is 2.84. The molecule has 0 atom stereocenters. The van der Waals surface area contributed by atoms with E-state index in [1.54, 1.807) is 48.0 Å². The van der Waals surface area contributed by atoms with Crippen LogP contribution in [0.15, 0.2) is 48.0 Å². The van der Waals surface area contributed by atoms with Crippen LogP contribution in [0.25, 0.3) is 10.2 Å². The molecule has 3 rings (SSSR count). The topological polar surface area (TPSA) is 85.1 Å². The summed E-state index contributed by atoms with van der Waals surface area (Å²) in [5, 5.41) is 0. The number of nitrogens with zero attached hydrogens (tertiary/aromatic N) is 1. The first kappa shape index (κ1) is 13.8. The molecule has 108 valence electrons. The summed E-state index contributed by atoms with van der Waals surface area (Å²) in [7, 11) is -3.48. The first-order valence-electron chi connectivity index (χ1n) is 6.20. The van der Waals surface area contributed by atoms with E-state index in [-0.39, 0.29) is 5.75 Å². The highest BCUT2D eigenvalue weighted by atomic mass is 32.2. The second-order valence-electron chi connectivity index (χ2n) is 4.64. The zero-order chi connectivity index (χ0) is 14.9. The molecular weight excluding hydrogens is 306 g/mol. The Kier molecular flexibility index (Phi) is 3.52. The molecule has 0 aliphatic rings. The average molecular weight is 319 g/mol. The van der Waals surface area contributed by atoms with Gasteiger partial charge in [0.25, 0.3) is 0 Å². The number of aromatic nitrogens is 1. The van der Waals surface area contributed by atoms with Crippen LogP contribution in [-0.2, 0) is 15.8 Å². The second kappa shape index (κ2) is 5.34. The third-order valence-corrected chi connectivity index (χ3v) is 4.96. The van der Waals surface area contributed by atoms with Crippen LogP contribution in [0.1, 0.15) is 5.56 Å². The Morgan fingerprint density at radius 1 is 1.19 bits per heavy atom. The molecule has 7 heteroatoms. The molecule has 2 aromatic carbocycles. The predicted molar refractivity (Wildman–Crippen MR) is 86.7 cm³/mol. The van der Waals surface area contributed by atoms with E-state index in [0.29, 0.717) is 16.9 Å². The standard InChI is InChI=1S/C14H13N3O2S2/c15-11-3-1-2-10(6-11)8-21(18,19)17-12-4-5-13-14(7-12)20-9-16-13/h1-7,9,17H,8,15H2. The highest BCUT2D eigenvalue weighted by Gasteiger charge is 2.12. The Balaban J connectivity index is 1.82. The highest BCUT2D eigenvalue weighted by molar-refractivity contribution is 7.91. The summed E-state index contributed by atoms with van der Waals surface area (Å²) in [4.78, 5) is 4.16. The minimum atomic E-state index is -3.48. The highest BCUT2D eigenvalue weighted by Crippen LogP contribution is 2.23. The van der Waals surface area contributed by atoms with Gasteiger partial charge in [-0.3, -0.25) is 4.72 Å². The summed E-state index contributed by atoms with van der Waals surface area (Å²) >= 11 is 1.47. The van der Waals surface area contributed by atoms with Crippen molar-refractivity contribution in [2.24, 2.45) is 0 Å². The molecule has 0 fully saturated rings. The van der Waals surface area contributed by atoms with E-state index in [1.165, 1.54) is 11.3 Å². The number of sulfonamides is 1. The molecule has 0 unspecified atom stereocenters. The SMILES string of the molecule is Nc1cccc(CS(=O)(=O)Nc2ccc3ncsc3c2)c1. The molecule has 0 saturated heterocycles. The van der Waals surface area contributed by atoms with Crippen molar-refractivity contribution in [3.05, 3.63) is 53.5 Å². The zero-order valence-corrected chi connectivity index (χ0v) is 12.6. The molecule has 5 nitrogen and oxygen atoms in total. The van der Waals surface area contributed by atoms with E-state index >= 15 is 0 Å². The molecule has 0 aliphatic carbocycles. The Bertz CT molecular complexity index is 888. The Hall–Kier alpha value is -2.12. The van der Waals surface area contributed by atoms with Crippen molar-refractivity contribution < 1.29 is 8.42 Å². The number of hydrogen-bond acceptors (Lipinski definition) is 5. The smallest absolute Gasteiger partial charge is 0.236 e. The number of nitrogen functional groups attached to an aromatic ring is 1. The molecule has 21 heavy (non-hydrogen) atoms. The van der Waals surface area contributed by atoms with Crippen LogP contribution in [0, 0.1) is 0 Å². The Morgan fingerprint density at radius 3 is 2.86 bits per heavy atom. The van der Waals surface area contributed by atoms with Gasteiger partial charge >= 0.3 is 0 Å². The fourth-order valence-corrected chi connectivity index (χ4v) is 3.93. The molecule has 3 aromatic rings. The van der Waals surface area contributed by atoms with Crippen molar-refractivity contribution in [3.63, 3.8) is 0 Å². The van der Waals surface area contributed by atoms with Crippen LogP contribution in [0.2, 0.25) is 0 Å². The molecule has 0 bridgehead atoms. The van der Waals surface area contributed by atoms with E-state index in [1.807, 2.05) is 0 Å². The predicted octanol–water partition coefficient (Wildman–Crippen LogP) is 2.82. The fourth-order valence-electron chi connectivity index (χ4n) is 2.04. The van der Waals surface area contributed by atoms with Gasteiger partial charge in [0.1, 0.15) is 0 Å². The Morgan fingerprint density at radius 2 is 2.05 bits per heavy atom. The van der Waals surface area contributed by atoms with Crippen LogP contribution in [0.4, 0.5) is 11.4 Å². The molecule has 0 saturated carbocycles. The largest absolute Gasteiger partial charge is 0.399 e. The van der Waals surface area contributed by atoms with Gasteiger partial charge in [-0.05, 0) is 35.9 Å². The molecule has 0 spiro atoms. The van der Waals surface area contributed by atoms with Crippen LogP contribution in [0.5, 0.6) is 0 Å². The Labute approximate surface area is 126 Å². The lowest BCUT2D eigenvalue weighted by Gasteiger charge is -2.08. The molecule has 1 aromatic heterocycles. The van der Waals surface area contributed by atoms with Crippen molar-refractivity contribution in [1.29, 1.82) is 0 Å². The summed E-state index contributed by atoms with van der Waals surface area (Å²) in [6.07, 6.45) is 0. The second-order valence-corrected chi connectivity index (χ2v) is 7.25. The van der Waals surface area contributed by atoms with Crippen LogP contribution in [0.3, 0.4) is 0 Å². The number of rotatable bonds is 4. The number of anilines is 2. The molecule has 3 N–H and O–H groups in total. The molecule has 1 heterocycles. The van der Waals surface area contributed by atoms with E-state index < -0.39 is 10.0 Å². The van der Waals surface area contributed by atoms with Gasteiger partial charge in [0.05, 0.1) is 27.2 Å². The van der Waals surface area contributed by atoms with Gasteiger partial charge in [-0.15, -0.1) is 11.3 Å². The van der Waals surface area contributed by atoms with Gasteiger partial charge in [0.2, 0.25) is 10.0 Å². The molecule has 0 radical (unpaired) electrons. The van der Waals surface area contributed by atoms with E-state index in [2.05, 4.69) is 9.71 Å². The number of fused-ring (bicyclic) bond motifs is 1. The third-order valence-electron chi connectivity index (χ3n) is 2.91. The van der Waals surface area contributed by atoms with Crippen molar-refractivity contribution in [3.8, 4) is 0 Å². The molecule has 0 aliphatic heterocycles. The summed E-state index contributed by atoms with van der Waals surface area (Å²) in [6, 6.07) is 12.1. The van der Waals surface area contributed by atoms with Crippen molar-refractivity contribution >= 4 is 43.0 Å². The van der Waals surface area contributed by atoms with Gasteiger partial charge in [-0.1, -0.05) is 12.1 Å². The maximum atomic E-state index is 12.2. The minimum absolute atomic E-state index is 0.112. The summed E-state index contributed by atoms with van der Waals surface area (Å²) in [6.45, 7) is 0. The van der Waals surface area contributed by atoms with Crippen LogP contribution in [-0.4, -0.2) is 13.4 Å². The van der Waals surface area contributed by atoms with Crippen molar-refractivity contribution in [1.82, 2.24) is 4.98 Å². The lowest BCUT2D eigenvalue weighted by atomic mass is 10.2. The number of nitrogens with one attached hydrogen (secondary N) is 1. The van der Waals surface area contributed by atoms with Crippen molar-refractivity contribution in [2.75, 3.05) is 10.5 Å². The molecule has 0 amide bonds. The van der Waals surface area contributed by atoms with Gasteiger partial charge in [0, 0.05) is 5.69 Å². The third kappa shape index (κ3) is 3.32. The fraction of sp³-hybridized carbons (Fsp3) is 0.0714. The monoisotopic (exact) mass is 319 g/mol. The quantitative estimate of drug-likeness (QED) is 0.724. The van der Waals surface area contributed by atoms with Gasteiger partial charge in [-0.2, -0.15) is 0 Å². The number of hydrogen-bond donors (Lipinski definition) is 2. The first-order valence-corrected chi connectivity index (χ1v) is 8.73. The number of nitrogens with two attached hydrogens (primary N) is 1. The number of benzene rings is 2. The maximum absolute atomic E-state index is 12.2. The lowest BCUT2D eigenvalue weighted by Crippen LogP contribution is -2.15. The number of thiazole rings is 1. The lowest BCUT2D eigenvalue weighted by molar-refractivity contribution is 0.600. The maximum Gasteiger partial charge on any atom is 0.236 e. The van der Waals surface area contributed by atoms with Gasteiger partial charge < -0.3 is 5.73 Å². The van der Waals surface area contributed by atoms with Crippen LogP contribution >= 0.6 is 11.3 Å². The van der Waals surface area contributed by atoms with E-state index in [9.17, 15) is 8.42 Å². The summed E-state index contributed by atoms with van der Waals surface area (Å²) in [5.41, 5.74) is 9.99. The van der Waals surface area contributed by atoms with Gasteiger partial charge in [-0.25, -0.2) is 13.4 Å². The summed E-state index contributed by atoms with van der Waals surface area (Å²) < 4.78 is 27.9. The zero-order valence-electron chi connectivity index (χ0n) is 11.0. The normalized spacial score (nSPS) is 11.6. The summed E-state index contributed by atoms with van der Waals surface area (Å²) in [5.74, 6) is -0.112. The molecular formula is C14H13N3O2S2. The van der Waals surface area contributed by atoms with Crippen LogP contribution < -0.4 is 10.5 Å². The van der Waals surface area contributed by atoms with E-state index in [0.717, 1.165) is 10.2 Å². The van der Waals surface area contributed by atoms with Crippen molar-refractivity contribution in [2.45, 2.75) is 5.75 Å². The minimum Gasteiger partial charge on any atom is -0.399 e.